The lowest BCUT2D eigenvalue weighted by Crippen LogP contribution is -2.18. The number of rotatable bonds is 2. The SMILES string of the molecule is CNc1nc(C(C)(C)C)nc(-c2ccc(C)c(Cl)c2)c1C. The fourth-order valence-electron chi connectivity index (χ4n) is 2.12. The Morgan fingerprint density at radius 1 is 1.10 bits per heavy atom. The summed E-state index contributed by atoms with van der Waals surface area (Å²) in [4.78, 5) is 9.42. The van der Waals surface area contributed by atoms with Crippen molar-refractivity contribution in [2.75, 3.05) is 12.4 Å². The molecule has 0 saturated heterocycles. The summed E-state index contributed by atoms with van der Waals surface area (Å²) in [5.41, 5.74) is 3.94. The molecule has 0 saturated carbocycles. The molecular formula is C17H22ClN3. The number of hydrogen-bond donors (Lipinski definition) is 1. The van der Waals surface area contributed by atoms with Gasteiger partial charge in [0.25, 0.3) is 0 Å². The molecule has 0 unspecified atom stereocenters. The Morgan fingerprint density at radius 2 is 1.76 bits per heavy atom. The van der Waals surface area contributed by atoms with Gasteiger partial charge in [-0.05, 0) is 25.5 Å². The molecule has 0 fully saturated rings. The molecule has 1 aromatic heterocycles. The van der Waals surface area contributed by atoms with E-state index in [1.165, 1.54) is 0 Å². The molecule has 0 aliphatic carbocycles. The van der Waals surface area contributed by atoms with E-state index in [0.29, 0.717) is 0 Å². The van der Waals surface area contributed by atoms with Crippen molar-refractivity contribution in [3.63, 3.8) is 0 Å². The minimum Gasteiger partial charge on any atom is -0.373 e. The highest BCUT2D eigenvalue weighted by molar-refractivity contribution is 6.31. The summed E-state index contributed by atoms with van der Waals surface area (Å²) in [6, 6.07) is 6.05. The molecule has 3 nitrogen and oxygen atoms in total. The number of hydrogen-bond acceptors (Lipinski definition) is 3. The van der Waals surface area contributed by atoms with E-state index in [1.54, 1.807) is 0 Å². The summed E-state index contributed by atoms with van der Waals surface area (Å²) < 4.78 is 0. The van der Waals surface area contributed by atoms with Gasteiger partial charge in [0, 0.05) is 28.6 Å². The van der Waals surface area contributed by atoms with Crippen LogP contribution in [0.15, 0.2) is 18.2 Å². The molecule has 4 heteroatoms. The van der Waals surface area contributed by atoms with Gasteiger partial charge in [-0.25, -0.2) is 9.97 Å². The maximum Gasteiger partial charge on any atom is 0.136 e. The molecule has 2 rings (SSSR count). The molecule has 1 N–H and O–H groups in total. The third-order valence-corrected chi connectivity index (χ3v) is 3.91. The maximum absolute atomic E-state index is 6.26. The predicted octanol–water partition coefficient (Wildman–Crippen LogP) is 4.75. The van der Waals surface area contributed by atoms with Crippen LogP contribution in [0.25, 0.3) is 11.3 Å². The Balaban J connectivity index is 2.69. The Hall–Kier alpha value is -1.61. The zero-order chi connectivity index (χ0) is 15.8. The smallest absolute Gasteiger partial charge is 0.136 e. The lowest BCUT2D eigenvalue weighted by Gasteiger charge is -2.20. The van der Waals surface area contributed by atoms with Gasteiger partial charge in [0.15, 0.2) is 0 Å². The lowest BCUT2D eigenvalue weighted by molar-refractivity contribution is 0.546. The van der Waals surface area contributed by atoms with Crippen molar-refractivity contribution in [1.29, 1.82) is 0 Å². The van der Waals surface area contributed by atoms with Crippen molar-refractivity contribution in [2.24, 2.45) is 0 Å². The molecule has 0 atom stereocenters. The fraction of sp³-hybridized carbons (Fsp3) is 0.412. The molecule has 2 aromatic rings. The molecular weight excluding hydrogens is 282 g/mol. The van der Waals surface area contributed by atoms with Gasteiger partial charge in [0.05, 0.1) is 5.69 Å². The Kier molecular flexibility index (Phi) is 4.24. The van der Waals surface area contributed by atoms with Gasteiger partial charge >= 0.3 is 0 Å². The van der Waals surface area contributed by atoms with Crippen molar-refractivity contribution in [3.05, 3.63) is 40.2 Å². The second-order valence-electron chi connectivity index (χ2n) is 6.33. The van der Waals surface area contributed by atoms with Crippen LogP contribution in [-0.4, -0.2) is 17.0 Å². The topological polar surface area (TPSA) is 37.8 Å². The number of nitrogens with one attached hydrogen (secondary N) is 1. The van der Waals surface area contributed by atoms with Gasteiger partial charge in [-0.3, -0.25) is 0 Å². The third kappa shape index (κ3) is 3.18. The Labute approximate surface area is 131 Å². The van der Waals surface area contributed by atoms with Crippen molar-refractivity contribution in [2.45, 2.75) is 40.0 Å². The molecule has 0 amide bonds. The van der Waals surface area contributed by atoms with E-state index in [0.717, 1.165) is 39.0 Å². The second-order valence-corrected chi connectivity index (χ2v) is 6.74. The van der Waals surface area contributed by atoms with Gasteiger partial charge in [0.2, 0.25) is 0 Å². The average Bonchev–Trinajstić information content (AvgIpc) is 2.41. The summed E-state index contributed by atoms with van der Waals surface area (Å²) in [6.07, 6.45) is 0. The van der Waals surface area contributed by atoms with Crippen LogP contribution in [0.2, 0.25) is 5.02 Å². The van der Waals surface area contributed by atoms with E-state index in [2.05, 4.69) is 37.1 Å². The summed E-state index contributed by atoms with van der Waals surface area (Å²) in [5, 5.41) is 3.92. The Bertz CT molecular complexity index is 672. The number of halogens is 1. The van der Waals surface area contributed by atoms with Crippen LogP contribution in [-0.2, 0) is 5.41 Å². The van der Waals surface area contributed by atoms with E-state index in [4.69, 9.17) is 16.6 Å². The molecule has 0 aliphatic rings. The minimum absolute atomic E-state index is 0.109. The molecule has 0 bridgehead atoms. The van der Waals surface area contributed by atoms with Crippen molar-refractivity contribution in [1.82, 2.24) is 9.97 Å². The molecule has 0 radical (unpaired) electrons. The molecule has 0 spiro atoms. The molecule has 0 aliphatic heterocycles. The quantitative estimate of drug-likeness (QED) is 0.869. The van der Waals surface area contributed by atoms with Crippen molar-refractivity contribution < 1.29 is 0 Å². The first-order chi connectivity index (χ1) is 9.74. The van der Waals surface area contributed by atoms with Gasteiger partial charge in [-0.1, -0.05) is 44.5 Å². The maximum atomic E-state index is 6.26. The van der Waals surface area contributed by atoms with E-state index in [-0.39, 0.29) is 5.41 Å². The number of aromatic nitrogens is 2. The van der Waals surface area contributed by atoms with E-state index in [9.17, 15) is 0 Å². The predicted molar refractivity (Wildman–Crippen MR) is 90.2 cm³/mol. The normalized spacial score (nSPS) is 11.6. The van der Waals surface area contributed by atoms with E-state index >= 15 is 0 Å². The van der Waals surface area contributed by atoms with Crippen LogP contribution in [0.5, 0.6) is 0 Å². The standard InChI is InChI=1S/C17H22ClN3/c1-10-7-8-12(9-13(10)18)14-11(2)15(19-6)21-16(20-14)17(3,4)5/h7-9H,1-6H3,(H,19,20,21). The highest BCUT2D eigenvalue weighted by Crippen LogP contribution is 2.31. The van der Waals surface area contributed by atoms with Crippen LogP contribution in [0.3, 0.4) is 0 Å². The van der Waals surface area contributed by atoms with Crippen LogP contribution in [0, 0.1) is 13.8 Å². The van der Waals surface area contributed by atoms with Gasteiger partial charge in [-0.2, -0.15) is 0 Å². The van der Waals surface area contributed by atoms with E-state index in [1.807, 2.05) is 33.0 Å². The summed E-state index contributed by atoms with van der Waals surface area (Å²) in [7, 11) is 1.88. The monoisotopic (exact) mass is 303 g/mol. The first-order valence-electron chi connectivity index (χ1n) is 7.07. The zero-order valence-corrected chi connectivity index (χ0v) is 14.3. The first kappa shape index (κ1) is 15.8. The fourth-order valence-corrected chi connectivity index (χ4v) is 2.30. The van der Waals surface area contributed by atoms with E-state index < -0.39 is 0 Å². The highest BCUT2D eigenvalue weighted by atomic mass is 35.5. The van der Waals surface area contributed by atoms with Crippen molar-refractivity contribution >= 4 is 17.4 Å². The van der Waals surface area contributed by atoms with Crippen molar-refractivity contribution in [3.8, 4) is 11.3 Å². The average molecular weight is 304 g/mol. The zero-order valence-electron chi connectivity index (χ0n) is 13.5. The summed E-state index contributed by atoms with van der Waals surface area (Å²) >= 11 is 6.26. The second kappa shape index (κ2) is 5.64. The highest BCUT2D eigenvalue weighted by Gasteiger charge is 2.21. The van der Waals surface area contributed by atoms with Crippen LogP contribution < -0.4 is 5.32 Å². The van der Waals surface area contributed by atoms with Crippen LogP contribution in [0.1, 0.15) is 37.7 Å². The number of aryl methyl sites for hydroxylation is 1. The minimum atomic E-state index is -0.109. The molecule has 112 valence electrons. The van der Waals surface area contributed by atoms with Gasteiger partial charge in [0.1, 0.15) is 11.6 Å². The third-order valence-electron chi connectivity index (χ3n) is 3.50. The summed E-state index contributed by atoms with van der Waals surface area (Å²) in [5.74, 6) is 1.69. The number of benzene rings is 1. The number of anilines is 1. The van der Waals surface area contributed by atoms with Crippen LogP contribution in [0.4, 0.5) is 5.82 Å². The number of nitrogens with zero attached hydrogens (tertiary/aromatic N) is 2. The Morgan fingerprint density at radius 3 is 2.29 bits per heavy atom. The summed E-state index contributed by atoms with van der Waals surface area (Å²) in [6.45, 7) is 10.4. The molecule has 1 aromatic carbocycles. The lowest BCUT2D eigenvalue weighted by atomic mass is 9.94. The molecule has 1 heterocycles. The first-order valence-corrected chi connectivity index (χ1v) is 7.45. The van der Waals surface area contributed by atoms with Gasteiger partial charge in [-0.15, -0.1) is 0 Å². The largest absolute Gasteiger partial charge is 0.373 e. The van der Waals surface area contributed by atoms with Crippen LogP contribution >= 0.6 is 11.6 Å². The van der Waals surface area contributed by atoms with Gasteiger partial charge < -0.3 is 5.32 Å². The molecule has 21 heavy (non-hydrogen) atoms.